The van der Waals surface area contributed by atoms with E-state index in [0.29, 0.717) is 5.92 Å². The summed E-state index contributed by atoms with van der Waals surface area (Å²) in [5.74, 6) is -0.310. The number of fused-ring (bicyclic) bond motifs is 2. The van der Waals surface area contributed by atoms with Gasteiger partial charge in [-0.05, 0) is 58.8 Å². The van der Waals surface area contributed by atoms with E-state index in [4.69, 9.17) is 4.74 Å². The Kier molecular flexibility index (Phi) is 3.49. The zero-order chi connectivity index (χ0) is 14.3. The van der Waals surface area contributed by atoms with Crippen molar-refractivity contribution >= 4 is 12.1 Å². The Balaban J connectivity index is 2.05. The van der Waals surface area contributed by atoms with Gasteiger partial charge in [-0.25, -0.2) is 9.59 Å². The fourth-order valence-corrected chi connectivity index (χ4v) is 3.54. The van der Waals surface area contributed by atoms with Gasteiger partial charge in [0.15, 0.2) is 0 Å². The van der Waals surface area contributed by atoms with E-state index in [1.54, 1.807) is 20.8 Å². The van der Waals surface area contributed by atoms with Gasteiger partial charge in [-0.1, -0.05) is 0 Å². The summed E-state index contributed by atoms with van der Waals surface area (Å²) in [4.78, 5) is 23.3. The average Bonchev–Trinajstić information content (AvgIpc) is 2.83. The first-order valence-corrected chi connectivity index (χ1v) is 6.94. The van der Waals surface area contributed by atoms with Gasteiger partial charge in [-0.3, -0.25) is 0 Å². The largest absolute Gasteiger partial charge is 0.480 e. The number of carboxylic acid groups (broad SMARTS) is 1. The highest BCUT2D eigenvalue weighted by Gasteiger charge is 2.53. The lowest BCUT2D eigenvalue weighted by Gasteiger charge is -2.34. The Bertz CT molecular complexity index is 377. The summed E-state index contributed by atoms with van der Waals surface area (Å²) < 4.78 is 5.17. The van der Waals surface area contributed by atoms with Gasteiger partial charge in [0.25, 0.3) is 0 Å². The maximum Gasteiger partial charge on any atom is 0.408 e. The number of ether oxygens (including phenoxy) is 1. The van der Waals surface area contributed by atoms with Crippen LogP contribution in [0.3, 0.4) is 0 Å². The van der Waals surface area contributed by atoms with Crippen LogP contribution in [-0.4, -0.2) is 28.8 Å². The number of carbonyl (C=O) groups is 2. The third kappa shape index (κ3) is 3.01. The molecule has 0 heterocycles. The van der Waals surface area contributed by atoms with Crippen LogP contribution < -0.4 is 5.32 Å². The summed E-state index contributed by atoms with van der Waals surface area (Å²) in [6.45, 7) is 5.30. The van der Waals surface area contributed by atoms with Crippen molar-refractivity contribution in [1.82, 2.24) is 5.32 Å². The molecule has 0 unspecified atom stereocenters. The quantitative estimate of drug-likeness (QED) is 0.825. The van der Waals surface area contributed by atoms with Crippen LogP contribution in [0.1, 0.15) is 52.9 Å². The summed E-state index contributed by atoms with van der Waals surface area (Å²) in [6.07, 6.45) is 4.23. The molecule has 0 aliphatic heterocycles. The molecular weight excluding hydrogens is 246 g/mol. The molecule has 19 heavy (non-hydrogen) atoms. The molecule has 1 atom stereocenters. The molecule has 0 spiro atoms. The molecule has 0 saturated heterocycles. The van der Waals surface area contributed by atoms with Gasteiger partial charge >= 0.3 is 12.1 Å². The second-order valence-corrected chi connectivity index (χ2v) is 6.93. The molecule has 5 heteroatoms. The second-order valence-electron chi connectivity index (χ2n) is 6.93. The highest BCUT2D eigenvalue weighted by atomic mass is 16.6. The van der Waals surface area contributed by atoms with E-state index in [9.17, 15) is 14.7 Å². The number of alkyl carbamates (subject to hydrolysis) is 1. The van der Waals surface area contributed by atoms with Crippen LogP contribution in [0, 0.1) is 11.3 Å². The zero-order valence-electron chi connectivity index (χ0n) is 11.9. The molecule has 0 radical (unpaired) electrons. The molecule has 5 nitrogen and oxygen atoms in total. The number of aliphatic carboxylic acids is 1. The lowest BCUT2D eigenvalue weighted by molar-refractivity contribution is -0.143. The van der Waals surface area contributed by atoms with Crippen molar-refractivity contribution in [1.29, 1.82) is 0 Å². The van der Waals surface area contributed by atoms with Crippen molar-refractivity contribution in [3.05, 3.63) is 0 Å². The molecule has 2 rings (SSSR count). The van der Waals surface area contributed by atoms with Crippen molar-refractivity contribution in [2.75, 3.05) is 0 Å². The molecule has 2 aliphatic rings. The van der Waals surface area contributed by atoms with Crippen LogP contribution in [0.4, 0.5) is 4.79 Å². The van der Waals surface area contributed by atoms with E-state index in [1.165, 1.54) is 0 Å². The lowest BCUT2D eigenvalue weighted by atomic mass is 9.77. The number of carboxylic acids is 1. The van der Waals surface area contributed by atoms with Gasteiger partial charge in [0.1, 0.15) is 11.6 Å². The van der Waals surface area contributed by atoms with Crippen molar-refractivity contribution in [2.24, 2.45) is 11.3 Å². The minimum atomic E-state index is -0.951. The van der Waals surface area contributed by atoms with Gasteiger partial charge in [-0.2, -0.15) is 0 Å². The van der Waals surface area contributed by atoms with E-state index in [2.05, 4.69) is 5.32 Å². The maximum absolute atomic E-state index is 11.8. The molecule has 0 aromatic rings. The third-order valence-electron chi connectivity index (χ3n) is 4.32. The minimum Gasteiger partial charge on any atom is -0.480 e. The molecule has 0 aromatic carbocycles. The predicted octanol–water partition coefficient (Wildman–Crippen LogP) is 2.54. The van der Waals surface area contributed by atoms with Crippen molar-refractivity contribution < 1.29 is 19.4 Å². The third-order valence-corrected chi connectivity index (χ3v) is 4.32. The Hall–Kier alpha value is -1.26. The average molecular weight is 269 g/mol. The topological polar surface area (TPSA) is 75.6 Å². The fraction of sp³-hybridized carbons (Fsp3) is 0.857. The molecule has 1 amide bonds. The highest BCUT2D eigenvalue weighted by molar-refractivity contribution is 5.81. The number of hydrogen-bond acceptors (Lipinski definition) is 3. The first-order valence-electron chi connectivity index (χ1n) is 6.94. The molecular formula is C14H23NO4. The van der Waals surface area contributed by atoms with E-state index in [-0.39, 0.29) is 5.41 Å². The van der Waals surface area contributed by atoms with Gasteiger partial charge in [0.2, 0.25) is 0 Å². The number of hydrogen-bond donors (Lipinski definition) is 2. The maximum atomic E-state index is 11.8. The summed E-state index contributed by atoms with van der Waals surface area (Å²) >= 11 is 0. The van der Waals surface area contributed by atoms with E-state index in [1.807, 2.05) is 0 Å². The molecule has 0 aromatic heterocycles. The first kappa shape index (κ1) is 14.2. The Morgan fingerprint density at radius 1 is 1.32 bits per heavy atom. The van der Waals surface area contributed by atoms with Gasteiger partial charge < -0.3 is 15.2 Å². The number of carbonyl (C=O) groups excluding carboxylic acids is 1. The second kappa shape index (κ2) is 4.69. The Morgan fingerprint density at radius 3 is 2.26 bits per heavy atom. The minimum absolute atomic E-state index is 0.257. The summed E-state index contributed by atoms with van der Waals surface area (Å²) in [5, 5.41) is 12.0. The van der Waals surface area contributed by atoms with Gasteiger partial charge in [0, 0.05) is 5.41 Å². The van der Waals surface area contributed by atoms with Crippen molar-refractivity contribution in [3.63, 3.8) is 0 Å². The summed E-state index contributed by atoms with van der Waals surface area (Å²) in [6, 6.07) is -0.824. The van der Waals surface area contributed by atoms with Crippen LogP contribution in [-0.2, 0) is 9.53 Å². The molecule has 2 fully saturated rings. The van der Waals surface area contributed by atoms with Crippen LogP contribution in [0.15, 0.2) is 0 Å². The normalized spacial score (nSPS) is 31.0. The van der Waals surface area contributed by atoms with Gasteiger partial charge in [0.05, 0.1) is 0 Å². The number of rotatable bonds is 3. The smallest absolute Gasteiger partial charge is 0.408 e. The van der Waals surface area contributed by atoms with Crippen molar-refractivity contribution in [2.45, 2.75) is 64.5 Å². The van der Waals surface area contributed by atoms with Gasteiger partial charge in [-0.15, -0.1) is 0 Å². The SMILES string of the molecule is CC(C)(C)OC(=O)N[C@@H](C(=O)O)C12CCC(CC1)C2. The van der Waals surface area contributed by atoms with E-state index < -0.39 is 23.7 Å². The zero-order valence-corrected chi connectivity index (χ0v) is 11.9. The molecule has 2 saturated carbocycles. The van der Waals surface area contributed by atoms with E-state index >= 15 is 0 Å². The molecule has 2 N–H and O–H groups in total. The highest BCUT2D eigenvalue weighted by Crippen LogP contribution is 2.56. The van der Waals surface area contributed by atoms with Crippen LogP contribution in [0.5, 0.6) is 0 Å². The van der Waals surface area contributed by atoms with Crippen LogP contribution >= 0.6 is 0 Å². The van der Waals surface area contributed by atoms with E-state index in [0.717, 1.165) is 32.1 Å². The number of amides is 1. The van der Waals surface area contributed by atoms with Crippen LogP contribution in [0.2, 0.25) is 0 Å². The predicted molar refractivity (Wildman–Crippen MR) is 69.8 cm³/mol. The fourth-order valence-electron chi connectivity index (χ4n) is 3.54. The summed E-state index contributed by atoms with van der Waals surface area (Å²) in [7, 11) is 0. The van der Waals surface area contributed by atoms with Crippen molar-refractivity contribution in [3.8, 4) is 0 Å². The lowest BCUT2D eigenvalue weighted by Crippen LogP contribution is -2.52. The molecule has 2 aliphatic carbocycles. The Morgan fingerprint density at radius 2 is 1.89 bits per heavy atom. The molecule has 2 bridgehead atoms. The Labute approximate surface area is 113 Å². The molecule has 108 valence electrons. The first-order chi connectivity index (χ1) is 8.72. The standard InChI is InChI=1S/C14H23NO4/c1-13(2,3)19-12(18)15-10(11(16)17)14-6-4-9(8-14)5-7-14/h9-10H,4-8H2,1-3H3,(H,15,18)(H,16,17)/t9?,10-,14?/m0/s1. The van der Waals surface area contributed by atoms with Crippen LogP contribution in [0.25, 0.3) is 0 Å². The monoisotopic (exact) mass is 269 g/mol. The summed E-state index contributed by atoms with van der Waals surface area (Å²) in [5.41, 5.74) is -0.869. The number of nitrogens with one attached hydrogen (secondary N) is 1.